The minimum atomic E-state index is -0.386. The second-order valence-electron chi connectivity index (χ2n) is 3.94. The molecule has 0 amide bonds. The number of hydrogen-bond donors (Lipinski definition) is 2. The Morgan fingerprint density at radius 2 is 2.32 bits per heavy atom. The van der Waals surface area contributed by atoms with Crippen LogP contribution in [-0.2, 0) is 6.42 Å². The Morgan fingerprint density at radius 3 is 3.05 bits per heavy atom. The molecule has 3 heterocycles. The maximum Gasteiger partial charge on any atom is 0.244 e. The molecule has 3 aromatic heterocycles. The highest BCUT2D eigenvalue weighted by atomic mass is 16.5. The van der Waals surface area contributed by atoms with Gasteiger partial charge in [0.1, 0.15) is 12.0 Å². The third kappa shape index (κ3) is 2.47. The Balaban J connectivity index is 1.78. The van der Waals surface area contributed by atoms with Crippen LogP contribution in [0.4, 0.5) is 0 Å². The van der Waals surface area contributed by atoms with Crippen molar-refractivity contribution in [2.75, 3.05) is 0 Å². The van der Waals surface area contributed by atoms with Crippen LogP contribution in [-0.4, -0.2) is 30.1 Å². The van der Waals surface area contributed by atoms with Crippen molar-refractivity contribution in [3.8, 4) is 11.5 Å². The second kappa shape index (κ2) is 4.94. The lowest BCUT2D eigenvalue weighted by Crippen LogP contribution is -2.14. The molecule has 0 aliphatic carbocycles. The molecule has 1 atom stereocenters. The number of rotatable bonds is 4. The van der Waals surface area contributed by atoms with Gasteiger partial charge >= 0.3 is 0 Å². The molecule has 96 valence electrons. The van der Waals surface area contributed by atoms with Crippen molar-refractivity contribution in [3.63, 3.8) is 0 Å². The van der Waals surface area contributed by atoms with Crippen molar-refractivity contribution in [1.82, 2.24) is 30.1 Å². The monoisotopic (exact) mass is 257 g/mol. The van der Waals surface area contributed by atoms with Crippen molar-refractivity contribution in [1.29, 1.82) is 0 Å². The fourth-order valence-electron chi connectivity index (χ4n) is 1.63. The highest BCUT2D eigenvalue weighted by molar-refractivity contribution is 5.46. The highest BCUT2D eigenvalue weighted by Crippen LogP contribution is 2.17. The first-order valence-corrected chi connectivity index (χ1v) is 5.66. The number of H-pyrrole nitrogens is 1. The summed E-state index contributed by atoms with van der Waals surface area (Å²) in [5, 5.41) is 3.85. The Hall–Kier alpha value is -2.61. The lowest BCUT2D eigenvalue weighted by Gasteiger charge is -2.03. The lowest BCUT2D eigenvalue weighted by molar-refractivity contribution is 0.354. The van der Waals surface area contributed by atoms with Crippen LogP contribution in [0.1, 0.15) is 17.6 Å². The van der Waals surface area contributed by atoms with Crippen molar-refractivity contribution < 1.29 is 4.52 Å². The maximum absolute atomic E-state index is 6.00. The van der Waals surface area contributed by atoms with Gasteiger partial charge in [-0.05, 0) is 6.07 Å². The van der Waals surface area contributed by atoms with Crippen LogP contribution in [0.2, 0.25) is 0 Å². The molecule has 0 fully saturated rings. The summed E-state index contributed by atoms with van der Waals surface area (Å²) in [5.41, 5.74) is 7.51. The average molecular weight is 257 g/mol. The van der Waals surface area contributed by atoms with E-state index in [4.69, 9.17) is 10.3 Å². The summed E-state index contributed by atoms with van der Waals surface area (Å²) in [6.07, 6.45) is 6.90. The molecular formula is C11H11N7O. The lowest BCUT2D eigenvalue weighted by atomic mass is 10.2. The van der Waals surface area contributed by atoms with E-state index in [0.29, 0.717) is 23.8 Å². The van der Waals surface area contributed by atoms with Gasteiger partial charge in [-0.25, -0.2) is 15.0 Å². The van der Waals surface area contributed by atoms with Gasteiger partial charge in [0.15, 0.2) is 0 Å². The molecule has 8 heteroatoms. The molecule has 0 unspecified atom stereocenters. The van der Waals surface area contributed by atoms with Gasteiger partial charge in [-0.3, -0.25) is 0 Å². The standard InChI is InChI=1S/C11H11N7O/c12-8(3-7-4-14-6-15-7)11-17-10(18-19-11)9-1-2-13-5-16-9/h1-2,4-6,8H,3,12H2,(H,14,15)/t8-/m0/s1. The number of aromatic nitrogens is 6. The predicted molar refractivity (Wildman–Crippen MR) is 64.5 cm³/mol. The molecule has 3 rings (SSSR count). The van der Waals surface area contributed by atoms with Gasteiger partial charge in [-0.2, -0.15) is 4.98 Å². The largest absolute Gasteiger partial charge is 0.348 e. The molecule has 0 spiro atoms. The normalized spacial score (nSPS) is 12.5. The number of nitrogens with one attached hydrogen (secondary N) is 1. The second-order valence-corrected chi connectivity index (χ2v) is 3.94. The van der Waals surface area contributed by atoms with Gasteiger partial charge < -0.3 is 15.2 Å². The summed E-state index contributed by atoms with van der Waals surface area (Å²) in [6, 6.07) is 1.32. The minimum Gasteiger partial charge on any atom is -0.348 e. The molecule has 0 aromatic carbocycles. The zero-order valence-corrected chi connectivity index (χ0v) is 9.89. The number of imidazole rings is 1. The molecule has 0 saturated carbocycles. The van der Waals surface area contributed by atoms with Crippen LogP contribution < -0.4 is 5.73 Å². The van der Waals surface area contributed by atoms with Crippen LogP contribution in [0.15, 0.2) is 35.6 Å². The summed E-state index contributed by atoms with van der Waals surface area (Å²) in [6.45, 7) is 0. The zero-order valence-electron chi connectivity index (χ0n) is 9.89. The molecule has 0 aliphatic heterocycles. The first kappa shape index (κ1) is 11.5. The van der Waals surface area contributed by atoms with E-state index in [1.54, 1.807) is 24.8 Å². The van der Waals surface area contributed by atoms with Crippen molar-refractivity contribution in [2.24, 2.45) is 5.73 Å². The fourth-order valence-corrected chi connectivity index (χ4v) is 1.63. The summed E-state index contributed by atoms with van der Waals surface area (Å²) < 4.78 is 5.15. The van der Waals surface area contributed by atoms with E-state index >= 15 is 0 Å². The molecular weight excluding hydrogens is 246 g/mol. The van der Waals surface area contributed by atoms with Crippen LogP contribution >= 0.6 is 0 Å². The summed E-state index contributed by atoms with van der Waals surface area (Å²) in [4.78, 5) is 19.0. The van der Waals surface area contributed by atoms with E-state index in [-0.39, 0.29) is 6.04 Å². The topological polar surface area (TPSA) is 119 Å². The van der Waals surface area contributed by atoms with E-state index in [2.05, 4.69) is 30.1 Å². The van der Waals surface area contributed by atoms with Crippen LogP contribution in [0.3, 0.4) is 0 Å². The van der Waals surface area contributed by atoms with Gasteiger partial charge in [0, 0.05) is 24.5 Å². The molecule has 3 N–H and O–H groups in total. The predicted octanol–water partition coefficient (Wildman–Crippen LogP) is 0.492. The zero-order chi connectivity index (χ0) is 13.1. The molecule has 0 aliphatic rings. The molecule has 0 bridgehead atoms. The average Bonchev–Trinajstić information content (AvgIpc) is 3.10. The molecule has 0 radical (unpaired) electrons. The SMILES string of the molecule is N[C@@H](Cc1cnc[nH]1)c1nc(-c2ccncn2)no1. The van der Waals surface area contributed by atoms with Gasteiger partial charge in [-0.15, -0.1) is 0 Å². The summed E-state index contributed by atoms with van der Waals surface area (Å²) in [5.74, 6) is 0.765. The number of nitrogens with zero attached hydrogens (tertiary/aromatic N) is 5. The molecule has 19 heavy (non-hydrogen) atoms. The first-order chi connectivity index (χ1) is 9.33. The third-order valence-corrected chi connectivity index (χ3v) is 2.56. The van der Waals surface area contributed by atoms with Crippen molar-refractivity contribution in [2.45, 2.75) is 12.5 Å². The van der Waals surface area contributed by atoms with E-state index in [9.17, 15) is 0 Å². The Bertz CT molecular complexity index is 634. The number of nitrogens with two attached hydrogens (primary N) is 1. The molecule has 3 aromatic rings. The smallest absolute Gasteiger partial charge is 0.244 e. The fraction of sp³-hybridized carbons (Fsp3) is 0.182. The Labute approximate surface area is 108 Å². The van der Waals surface area contributed by atoms with Crippen molar-refractivity contribution >= 4 is 0 Å². The van der Waals surface area contributed by atoms with Gasteiger partial charge in [-0.1, -0.05) is 5.16 Å². The van der Waals surface area contributed by atoms with E-state index in [0.717, 1.165) is 5.69 Å². The Kier molecular flexibility index (Phi) is 2.99. The first-order valence-electron chi connectivity index (χ1n) is 5.66. The summed E-state index contributed by atoms with van der Waals surface area (Å²) >= 11 is 0. The minimum absolute atomic E-state index is 0.364. The van der Waals surface area contributed by atoms with Gasteiger partial charge in [0.25, 0.3) is 0 Å². The van der Waals surface area contributed by atoms with Crippen LogP contribution in [0.25, 0.3) is 11.5 Å². The van der Waals surface area contributed by atoms with Gasteiger partial charge in [0.2, 0.25) is 11.7 Å². The van der Waals surface area contributed by atoms with E-state index < -0.39 is 0 Å². The Morgan fingerprint density at radius 1 is 1.37 bits per heavy atom. The van der Waals surface area contributed by atoms with E-state index in [1.165, 1.54) is 6.33 Å². The third-order valence-electron chi connectivity index (χ3n) is 2.56. The molecule has 0 saturated heterocycles. The quantitative estimate of drug-likeness (QED) is 0.697. The van der Waals surface area contributed by atoms with Crippen LogP contribution in [0.5, 0.6) is 0 Å². The molecule has 8 nitrogen and oxygen atoms in total. The van der Waals surface area contributed by atoms with Crippen LogP contribution in [0, 0.1) is 0 Å². The number of aromatic amines is 1. The maximum atomic E-state index is 6.00. The van der Waals surface area contributed by atoms with Gasteiger partial charge in [0.05, 0.1) is 12.4 Å². The van der Waals surface area contributed by atoms with Crippen molar-refractivity contribution in [3.05, 3.63) is 42.7 Å². The van der Waals surface area contributed by atoms with E-state index in [1.807, 2.05) is 0 Å². The number of hydrogen-bond acceptors (Lipinski definition) is 7. The highest BCUT2D eigenvalue weighted by Gasteiger charge is 2.17. The summed E-state index contributed by atoms with van der Waals surface area (Å²) in [7, 11) is 0.